The van der Waals surface area contributed by atoms with Gasteiger partial charge < -0.3 is 0 Å². The minimum Gasteiger partial charge on any atom is -0.209 e. The highest BCUT2D eigenvalue weighted by atomic mass is 19.2. The Bertz CT molecular complexity index is 769. The number of unbranched alkanes of at least 4 members (excludes halogenated alkanes) is 1. The molecule has 0 N–H and O–H groups in total. The standard InChI is InChI=1S/C33H52F4/c1-3-5-7-26-18-20-28(32(36)30(26)34)25-15-10-23(11-16-25)12-17-27-19-21-29(33(37)31(27)35)24-13-8-22(6-4-2)9-14-24/h22-29H,3-21H2,1-2H3/t22?,23?,24?,25?,26-,27-,28-,29-/m0/s1. The van der Waals surface area contributed by atoms with Crippen molar-refractivity contribution in [1.82, 2.24) is 0 Å². The van der Waals surface area contributed by atoms with E-state index in [1.807, 2.05) is 0 Å². The molecule has 0 unspecified atom stereocenters. The van der Waals surface area contributed by atoms with E-state index in [-0.39, 0.29) is 29.6 Å². The fourth-order valence-electron chi connectivity index (χ4n) is 8.49. The van der Waals surface area contributed by atoms with Crippen molar-refractivity contribution < 1.29 is 17.6 Å². The van der Waals surface area contributed by atoms with Crippen LogP contribution in [0.2, 0.25) is 0 Å². The monoisotopic (exact) mass is 524 g/mol. The van der Waals surface area contributed by atoms with E-state index in [9.17, 15) is 8.78 Å². The lowest BCUT2D eigenvalue weighted by Gasteiger charge is -2.38. The van der Waals surface area contributed by atoms with Gasteiger partial charge in [0.05, 0.1) is 0 Å². The summed E-state index contributed by atoms with van der Waals surface area (Å²) in [5.41, 5.74) is 0. The smallest absolute Gasteiger partial charge is 0.135 e. The molecule has 0 aromatic rings. The molecule has 0 bridgehead atoms. The van der Waals surface area contributed by atoms with Crippen LogP contribution in [0, 0.1) is 47.3 Å². The summed E-state index contributed by atoms with van der Waals surface area (Å²) in [5, 5.41) is 0. The summed E-state index contributed by atoms with van der Waals surface area (Å²) >= 11 is 0. The molecule has 4 heteroatoms. The van der Waals surface area contributed by atoms with E-state index in [2.05, 4.69) is 13.8 Å². The van der Waals surface area contributed by atoms with Crippen LogP contribution in [0.5, 0.6) is 0 Å². The van der Waals surface area contributed by atoms with Crippen LogP contribution in [0.15, 0.2) is 23.3 Å². The lowest BCUT2D eigenvalue weighted by Crippen LogP contribution is -2.28. The van der Waals surface area contributed by atoms with Gasteiger partial charge in [-0.2, -0.15) is 0 Å². The SMILES string of the molecule is CCCC[C@H]1CC[C@@H](C2CCC(CC[C@H]3CC[C@@H](C4CCC(CCC)CC4)C(F)=C3F)CC2)C(F)=C1F. The maximum atomic E-state index is 15.1. The Morgan fingerprint density at radius 2 is 0.919 bits per heavy atom. The quantitative estimate of drug-likeness (QED) is 0.249. The molecule has 0 aromatic carbocycles. The summed E-state index contributed by atoms with van der Waals surface area (Å²) in [6, 6.07) is 0. The number of rotatable bonds is 10. The van der Waals surface area contributed by atoms with Crippen molar-refractivity contribution in [2.24, 2.45) is 47.3 Å². The Labute approximate surface area is 224 Å². The molecule has 4 rings (SSSR count). The van der Waals surface area contributed by atoms with Gasteiger partial charge in [0.2, 0.25) is 0 Å². The van der Waals surface area contributed by atoms with E-state index in [0.29, 0.717) is 11.8 Å². The van der Waals surface area contributed by atoms with Crippen LogP contribution in [0.25, 0.3) is 0 Å². The predicted octanol–water partition coefficient (Wildman–Crippen LogP) is 11.7. The second-order valence-electron chi connectivity index (χ2n) is 13.2. The summed E-state index contributed by atoms with van der Waals surface area (Å²) in [5.74, 6) is -0.776. The van der Waals surface area contributed by atoms with Gasteiger partial charge in [0, 0.05) is 23.7 Å². The Hall–Kier alpha value is -0.800. The summed E-state index contributed by atoms with van der Waals surface area (Å²) in [4.78, 5) is 0. The Kier molecular flexibility index (Phi) is 11.1. The molecule has 2 saturated carbocycles. The molecule has 0 nitrogen and oxygen atoms in total. The van der Waals surface area contributed by atoms with E-state index in [4.69, 9.17) is 0 Å². The lowest BCUT2D eigenvalue weighted by atomic mass is 9.68. The van der Waals surface area contributed by atoms with E-state index in [1.165, 1.54) is 25.7 Å². The van der Waals surface area contributed by atoms with Crippen LogP contribution >= 0.6 is 0 Å². The zero-order valence-corrected chi connectivity index (χ0v) is 23.6. The molecule has 0 radical (unpaired) electrons. The van der Waals surface area contributed by atoms with Crippen LogP contribution < -0.4 is 0 Å². The van der Waals surface area contributed by atoms with E-state index < -0.39 is 23.3 Å². The molecule has 4 aliphatic carbocycles. The third-order valence-electron chi connectivity index (χ3n) is 10.9. The Morgan fingerprint density at radius 1 is 0.459 bits per heavy atom. The van der Waals surface area contributed by atoms with Gasteiger partial charge in [-0.3, -0.25) is 0 Å². The second kappa shape index (κ2) is 14.0. The minimum absolute atomic E-state index is 0.185. The molecule has 0 aromatic heterocycles. The van der Waals surface area contributed by atoms with E-state index >= 15 is 8.78 Å². The van der Waals surface area contributed by atoms with Crippen LogP contribution in [0.4, 0.5) is 17.6 Å². The molecule has 4 atom stereocenters. The van der Waals surface area contributed by atoms with Crippen molar-refractivity contribution in [1.29, 1.82) is 0 Å². The molecule has 37 heavy (non-hydrogen) atoms. The van der Waals surface area contributed by atoms with E-state index in [1.54, 1.807) is 0 Å². The average molecular weight is 525 g/mol. The first-order valence-electron chi connectivity index (χ1n) is 16.0. The maximum absolute atomic E-state index is 15.1. The first-order chi connectivity index (χ1) is 17.9. The number of halogens is 4. The summed E-state index contributed by atoms with van der Waals surface area (Å²) in [7, 11) is 0. The third-order valence-corrected chi connectivity index (χ3v) is 10.9. The highest BCUT2D eigenvalue weighted by Gasteiger charge is 2.39. The molecule has 0 aliphatic heterocycles. The zero-order valence-electron chi connectivity index (χ0n) is 23.6. The van der Waals surface area contributed by atoms with Crippen LogP contribution in [-0.4, -0.2) is 0 Å². The van der Waals surface area contributed by atoms with Gasteiger partial charge in [-0.25, -0.2) is 17.6 Å². The number of hydrogen-bond donors (Lipinski definition) is 0. The summed E-state index contributed by atoms with van der Waals surface area (Å²) in [6.45, 7) is 4.32. The highest BCUT2D eigenvalue weighted by molar-refractivity contribution is 5.14. The average Bonchev–Trinajstić information content (AvgIpc) is 2.92. The molecule has 212 valence electrons. The second-order valence-corrected chi connectivity index (χ2v) is 13.2. The van der Waals surface area contributed by atoms with Crippen molar-refractivity contribution in [3.8, 4) is 0 Å². The summed E-state index contributed by atoms with van der Waals surface area (Å²) < 4.78 is 59.8. The van der Waals surface area contributed by atoms with Gasteiger partial charge in [0.1, 0.15) is 23.3 Å². The zero-order chi connectivity index (χ0) is 26.4. The van der Waals surface area contributed by atoms with Gasteiger partial charge >= 0.3 is 0 Å². The van der Waals surface area contributed by atoms with Crippen molar-refractivity contribution in [3.05, 3.63) is 23.3 Å². The Morgan fingerprint density at radius 3 is 1.38 bits per heavy atom. The molecule has 0 spiro atoms. The predicted molar refractivity (Wildman–Crippen MR) is 145 cm³/mol. The largest absolute Gasteiger partial charge is 0.209 e. The molecular formula is C33H52F4. The van der Waals surface area contributed by atoms with Crippen molar-refractivity contribution in [3.63, 3.8) is 0 Å². The van der Waals surface area contributed by atoms with Gasteiger partial charge in [0.15, 0.2) is 0 Å². The maximum Gasteiger partial charge on any atom is 0.135 e. The van der Waals surface area contributed by atoms with Gasteiger partial charge in [-0.05, 0) is 94.3 Å². The van der Waals surface area contributed by atoms with Crippen molar-refractivity contribution >= 4 is 0 Å². The topological polar surface area (TPSA) is 0 Å². The highest BCUT2D eigenvalue weighted by Crippen LogP contribution is 2.49. The first kappa shape index (κ1) is 29.2. The van der Waals surface area contributed by atoms with Gasteiger partial charge in [-0.15, -0.1) is 0 Å². The van der Waals surface area contributed by atoms with E-state index in [0.717, 1.165) is 102 Å². The van der Waals surface area contributed by atoms with Crippen LogP contribution in [0.3, 0.4) is 0 Å². The molecule has 4 aliphatic rings. The first-order valence-corrected chi connectivity index (χ1v) is 16.0. The molecular weight excluding hydrogens is 472 g/mol. The van der Waals surface area contributed by atoms with Crippen LogP contribution in [0.1, 0.15) is 136 Å². The number of hydrogen-bond acceptors (Lipinski definition) is 0. The fourth-order valence-corrected chi connectivity index (χ4v) is 8.49. The molecule has 0 saturated heterocycles. The van der Waals surface area contributed by atoms with Crippen LogP contribution in [-0.2, 0) is 0 Å². The minimum atomic E-state index is -0.458. The van der Waals surface area contributed by atoms with Gasteiger partial charge in [0.25, 0.3) is 0 Å². The summed E-state index contributed by atoms with van der Waals surface area (Å²) in [6.07, 6.45) is 18.4. The molecule has 2 fully saturated rings. The Balaban J connectivity index is 1.22. The fraction of sp³-hybridized carbons (Fsp3) is 0.879. The lowest BCUT2D eigenvalue weighted by molar-refractivity contribution is 0.150. The van der Waals surface area contributed by atoms with Crippen molar-refractivity contribution in [2.45, 2.75) is 136 Å². The number of allylic oxidation sites excluding steroid dienone is 4. The van der Waals surface area contributed by atoms with Gasteiger partial charge in [-0.1, -0.05) is 65.2 Å². The molecule has 0 amide bonds. The molecule has 0 heterocycles. The van der Waals surface area contributed by atoms with Crippen molar-refractivity contribution in [2.75, 3.05) is 0 Å². The third kappa shape index (κ3) is 7.24. The normalized spacial score (nSPS) is 37.8.